The molecule has 0 saturated carbocycles. The molecule has 0 aliphatic carbocycles. The minimum Gasteiger partial charge on any atom is -0.482 e. The number of rotatable bonds is 6. The Morgan fingerprint density at radius 3 is 2.40 bits per heavy atom. The number of nitrogens with one attached hydrogen (secondary N) is 6. The smallest absolute Gasteiger partial charge is 0.262 e. The van der Waals surface area contributed by atoms with Crippen LogP contribution in [0.5, 0.6) is 5.75 Å². The molecule has 0 aromatic heterocycles. The van der Waals surface area contributed by atoms with Crippen molar-refractivity contribution >= 4 is 47.0 Å². The number of benzene rings is 2. The highest BCUT2D eigenvalue weighted by molar-refractivity contribution is 6.01. The minimum atomic E-state index is -1.49. The maximum atomic E-state index is 14.0. The second kappa shape index (κ2) is 17.8. The molecule has 0 unspecified atom stereocenters. The second-order valence-electron chi connectivity index (χ2n) is 13.5. The lowest BCUT2D eigenvalue weighted by Crippen LogP contribution is -2.61. The highest BCUT2D eigenvalue weighted by atomic mass is 16.5. The van der Waals surface area contributed by atoms with Crippen LogP contribution in [0.25, 0.3) is 0 Å². The van der Waals surface area contributed by atoms with Gasteiger partial charge < -0.3 is 46.6 Å². The molecule has 284 valence electrons. The average molecular weight is 734 g/mol. The van der Waals surface area contributed by atoms with Crippen LogP contribution in [-0.4, -0.2) is 107 Å². The Kier molecular flexibility index (Phi) is 13.0. The van der Waals surface area contributed by atoms with Crippen molar-refractivity contribution in [1.29, 1.82) is 0 Å². The Morgan fingerprint density at radius 1 is 0.906 bits per heavy atom. The van der Waals surface area contributed by atoms with Crippen molar-refractivity contribution in [1.82, 2.24) is 31.5 Å². The predicted molar refractivity (Wildman–Crippen MR) is 191 cm³/mol. The quantitative estimate of drug-likeness (QED) is 0.210. The van der Waals surface area contributed by atoms with Crippen LogP contribution in [0.1, 0.15) is 68.3 Å². The summed E-state index contributed by atoms with van der Waals surface area (Å²) in [6.07, 6.45) is 0.834. The molecule has 16 nitrogen and oxygen atoms in total. The van der Waals surface area contributed by atoms with E-state index < -0.39 is 65.8 Å². The molecule has 0 bridgehead atoms. The second-order valence-corrected chi connectivity index (χ2v) is 13.5. The van der Waals surface area contributed by atoms with Crippen LogP contribution in [0.2, 0.25) is 0 Å². The van der Waals surface area contributed by atoms with Gasteiger partial charge in [0.1, 0.15) is 36.0 Å². The van der Waals surface area contributed by atoms with Gasteiger partial charge in [-0.2, -0.15) is 0 Å². The van der Waals surface area contributed by atoms with E-state index in [1.807, 2.05) is 18.2 Å². The number of carbonyl (C=O) groups excluding carboxylic acids is 7. The summed E-state index contributed by atoms with van der Waals surface area (Å²) >= 11 is 0. The highest BCUT2D eigenvalue weighted by Crippen LogP contribution is 2.28. The van der Waals surface area contributed by atoms with E-state index >= 15 is 0 Å². The van der Waals surface area contributed by atoms with Gasteiger partial charge in [-0.3, -0.25) is 33.6 Å². The Morgan fingerprint density at radius 2 is 1.66 bits per heavy atom. The van der Waals surface area contributed by atoms with E-state index in [4.69, 9.17) is 4.74 Å². The maximum absolute atomic E-state index is 14.0. The van der Waals surface area contributed by atoms with Gasteiger partial charge in [0, 0.05) is 25.1 Å². The Labute approximate surface area is 307 Å². The number of fused-ring (bicyclic) bond motifs is 2. The SMILES string of the molecule is CC[C@@H]1NC(=O)[C@@H](NC(=O)c2ccc3c(c2)OCC(=O)N3)CCCCNC(=O)[C@@H]2CCCN2C(=O)[C@@H](Cc2ccccc2)NC(=O)[C@H]([C@@H](C)O)NC1=O. The van der Waals surface area contributed by atoms with Crippen LogP contribution < -0.4 is 36.6 Å². The minimum absolute atomic E-state index is 0.104. The summed E-state index contributed by atoms with van der Waals surface area (Å²) in [5.74, 6) is -3.65. The number of hydrogen-bond donors (Lipinski definition) is 7. The summed E-state index contributed by atoms with van der Waals surface area (Å²) in [5.41, 5.74) is 1.33. The zero-order valence-corrected chi connectivity index (χ0v) is 29.8. The van der Waals surface area contributed by atoms with Crippen molar-refractivity contribution in [2.24, 2.45) is 0 Å². The van der Waals surface area contributed by atoms with Gasteiger partial charge in [-0.05, 0) is 69.2 Å². The molecular formula is C37H47N7O9. The molecule has 0 radical (unpaired) electrons. The number of anilines is 1. The van der Waals surface area contributed by atoms with Crippen molar-refractivity contribution < 1.29 is 43.4 Å². The highest BCUT2D eigenvalue weighted by Gasteiger charge is 2.39. The zero-order chi connectivity index (χ0) is 38.1. The summed E-state index contributed by atoms with van der Waals surface area (Å²) in [6, 6.07) is 7.88. The van der Waals surface area contributed by atoms with Gasteiger partial charge in [0.05, 0.1) is 11.8 Å². The lowest BCUT2D eigenvalue weighted by atomic mass is 10.0. The van der Waals surface area contributed by atoms with Crippen LogP contribution in [0.3, 0.4) is 0 Å². The Balaban J connectivity index is 1.38. The van der Waals surface area contributed by atoms with Crippen molar-refractivity contribution in [3.8, 4) is 5.75 Å². The van der Waals surface area contributed by atoms with Gasteiger partial charge >= 0.3 is 0 Å². The Hall–Kier alpha value is -5.51. The Bertz CT molecular complexity index is 1700. The third-order valence-electron chi connectivity index (χ3n) is 9.56. The topological polar surface area (TPSA) is 224 Å². The zero-order valence-electron chi connectivity index (χ0n) is 29.8. The molecule has 0 spiro atoms. The number of nitrogens with zero attached hydrogens (tertiary/aromatic N) is 1. The van der Waals surface area contributed by atoms with E-state index in [1.54, 1.807) is 19.1 Å². The van der Waals surface area contributed by atoms with Crippen molar-refractivity contribution in [3.05, 3.63) is 59.7 Å². The third kappa shape index (κ3) is 9.88. The number of hydrogen-bond acceptors (Lipinski definition) is 9. The van der Waals surface area contributed by atoms with Crippen molar-refractivity contribution in [2.75, 3.05) is 25.0 Å². The lowest BCUT2D eigenvalue weighted by molar-refractivity contribution is -0.142. The monoisotopic (exact) mass is 733 g/mol. The van der Waals surface area contributed by atoms with E-state index in [1.165, 1.54) is 30.0 Å². The number of aliphatic hydroxyl groups is 1. The van der Waals surface area contributed by atoms with E-state index in [0.717, 1.165) is 5.56 Å². The first-order valence-electron chi connectivity index (χ1n) is 18.0. The molecule has 53 heavy (non-hydrogen) atoms. The molecule has 3 heterocycles. The van der Waals surface area contributed by atoms with Gasteiger partial charge in [-0.25, -0.2) is 0 Å². The molecule has 2 fully saturated rings. The lowest BCUT2D eigenvalue weighted by Gasteiger charge is -2.30. The fraction of sp³-hybridized carbons (Fsp3) is 0.486. The van der Waals surface area contributed by atoms with Gasteiger partial charge in [0.25, 0.3) is 11.8 Å². The fourth-order valence-electron chi connectivity index (χ4n) is 6.63. The first-order valence-corrected chi connectivity index (χ1v) is 18.0. The molecule has 7 N–H and O–H groups in total. The van der Waals surface area contributed by atoms with Crippen LogP contribution in [-0.2, 0) is 35.2 Å². The summed E-state index contributed by atoms with van der Waals surface area (Å²) in [4.78, 5) is 94.9. The first-order chi connectivity index (χ1) is 25.4. The molecule has 5 rings (SSSR count). The summed E-state index contributed by atoms with van der Waals surface area (Å²) < 4.78 is 5.42. The average Bonchev–Trinajstić information content (AvgIpc) is 3.64. The van der Waals surface area contributed by atoms with E-state index in [0.29, 0.717) is 43.7 Å². The van der Waals surface area contributed by atoms with Crippen LogP contribution in [0.15, 0.2) is 48.5 Å². The van der Waals surface area contributed by atoms with Crippen molar-refractivity contribution in [2.45, 2.75) is 95.1 Å². The molecule has 2 saturated heterocycles. The third-order valence-corrected chi connectivity index (χ3v) is 9.56. The maximum Gasteiger partial charge on any atom is 0.262 e. The van der Waals surface area contributed by atoms with Crippen LogP contribution in [0, 0.1) is 0 Å². The van der Waals surface area contributed by atoms with E-state index in [2.05, 4.69) is 31.9 Å². The van der Waals surface area contributed by atoms with Crippen LogP contribution >= 0.6 is 0 Å². The molecule has 6 atom stereocenters. The summed E-state index contributed by atoms with van der Waals surface area (Å²) in [5, 5.41) is 26.8. The van der Waals surface area contributed by atoms with Gasteiger partial charge in [-0.15, -0.1) is 0 Å². The summed E-state index contributed by atoms with van der Waals surface area (Å²) in [6.45, 7) is 3.32. The number of aliphatic hydroxyl groups excluding tert-OH is 1. The number of amides is 7. The largest absolute Gasteiger partial charge is 0.482 e. The normalized spacial score (nSPS) is 25.3. The molecule has 16 heteroatoms. The van der Waals surface area contributed by atoms with E-state index in [9.17, 15) is 38.7 Å². The summed E-state index contributed by atoms with van der Waals surface area (Å²) in [7, 11) is 0. The molecule has 2 aromatic carbocycles. The number of ether oxygens (including phenoxy) is 1. The first kappa shape index (κ1) is 38.7. The standard InChI is InChI=1S/C37H47N7O9/c1-3-24-33(48)43-31(21(2)45)36(51)42-27(18-22-10-5-4-6-11-22)37(52)44-17-9-13-28(44)35(50)38-16-8-7-12-26(34(49)40-24)41-32(47)23-14-15-25-29(19-23)53-20-30(46)39-25/h4-6,10-11,14-15,19,21,24,26-28,31,45H,3,7-9,12-13,16-18,20H2,1-2H3,(H,38,50)(H,39,46)(H,40,49)(H,41,47)(H,42,51)(H,43,48)/t21-,24+,26+,27-,28+,31+/m1/s1. The number of carbonyl (C=O) groups is 7. The van der Waals surface area contributed by atoms with Gasteiger partial charge in [0.15, 0.2) is 6.61 Å². The molecule has 3 aliphatic heterocycles. The fourth-order valence-corrected chi connectivity index (χ4v) is 6.63. The van der Waals surface area contributed by atoms with Gasteiger partial charge in [0.2, 0.25) is 29.5 Å². The van der Waals surface area contributed by atoms with Gasteiger partial charge in [-0.1, -0.05) is 37.3 Å². The molecular weight excluding hydrogens is 686 g/mol. The van der Waals surface area contributed by atoms with E-state index in [-0.39, 0.29) is 49.8 Å². The molecule has 7 amide bonds. The van der Waals surface area contributed by atoms with Crippen LogP contribution in [0.4, 0.5) is 5.69 Å². The predicted octanol–water partition coefficient (Wildman–Crippen LogP) is -0.105. The van der Waals surface area contributed by atoms with Crippen molar-refractivity contribution in [3.63, 3.8) is 0 Å². The molecule has 2 aromatic rings. The molecule has 3 aliphatic rings.